The van der Waals surface area contributed by atoms with Crippen molar-refractivity contribution in [3.8, 4) is 5.88 Å². The van der Waals surface area contributed by atoms with E-state index in [9.17, 15) is 9.59 Å². The fraction of sp³-hybridized carbons (Fsp3) is 0.333. The highest BCUT2D eigenvalue weighted by Gasteiger charge is 2.28. The van der Waals surface area contributed by atoms with Crippen LogP contribution in [0.15, 0.2) is 54.9 Å². The molecule has 1 unspecified atom stereocenters. The number of rotatable bonds is 7. The number of methoxy groups -OCH3 is 1. The molecule has 4 rings (SSSR count). The molecule has 0 aliphatic carbocycles. The number of carbonyl (C=O) groups is 2. The molecule has 1 aromatic carbocycles. The molecule has 0 saturated carbocycles. The van der Waals surface area contributed by atoms with E-state index in [1.54, 1.807) is 24.5 Å². The summed E-state index contributed by atoms with van der Waals surface area (Å²) < 4.78 is 7.01. The van der Waals surface area contributed by atoms with Crippen LogP contribution in [0.2, 0.25) is 0 Å². The number of pyridine rings is 1. The van der Waals surface area contributed by atoms with Crippen LogP contribution in [-0.2, 0) is 22.7 Å². The molecular formula is C24H28N6O3. The van der Waals surface area contributed by atoms with Gasteiger partial charge < -0.3 is 15.4 Å². The number of hydrogen-bond acceptors (Lipinski definition) is 6. The van der Waals surface area contributed by atoms with Gasteiger partial charge in [0, 0.05) is 43.5 Å². The van der Waals surface area contributed by atoms with Gasteiger partial charge in [0.2, 0.25) is 5.88 Å². The molecule has 1 aliphatic rings. The van der Waals surface area contributed by atoms with Gasteiger partial charge in [-0.1, -0.05) is 36.4 Å². The molecule has 0 radical (unpaired) electrons. The zero-order valence-corrected chi connectivity index (χ0v) is 18.8. The molecule has 2 aromatic heterocycles. The Balaban J connectivity index is 1.36. The molecule has 1 aliphatic heterocycles. The maximum absolute atomic E-state index is 12.6. The molecule has 172 valence electrons. The predicted octanol–water partition coefficient (Wildman–Crippen LogP) is 2.30. The maximum Gasteiger partial charge on any atom is 0.314 e. The number of anilines is 1. The summed E-state index contributed by atoms with van der Waals surface area (Å²) in [6.45, 7) is 4.65. The van der Waals surface area contributed by atoms with Crippen LogP contribution >= 0.6 is 0 Å². The molecule has 9 nitrogen and oxygen atoms in total. The zero-order valence-electron chi connectivity index (χ0n) is 18.8. The van der Waals surface area contributed by atoms with Crippen LogP contribution in [0.4, 0.5) is 5.82 Å². The number of likely N-dealkylation sites (tertiary alicyclic amines) is 1. The quantitative estimate of drug-likeness (QED) is 0.538. The summed E-state index contributed by atoms with van der Waals surface area (Å²) >= 11 is 0. The van der Waals surface area contributed by atoms with Gasteiger partial charge in [0.05, 0.1) is 19.3 Å². The topological polar surface area (TPSA) is 101 Å². The van der Waals surface area contributed by atoms with Crippen molar-refractivity contribution < 1.29 is 14.3 Å². The lowest BCUT2D eigenvalue weighted by Gasteiger charge is -2.18. The molecule has 3 heterocycles. The van der Waals surface area contributed by atoms with Gasteiger partial charge in [0.25, 0.3) is 0 Å². The Labute approximate surface area is 192 Å². The number of nitrogens with zero attached hydrogens (tertiary/aromatic N) is 4. The number of ether oxygens (including phenoxy) is 1. The third-order valence-electron chi connectivity index (χ3n) is 5.74. The van der Waals surface area contributed by atoms with E-state index in [4.69, 9.17) is 4.74 Å². The van der Waals surface area contributed by atoms with Gasteiger partial charge in [0.1, 0.15) is 5.82 Å². The van der Waals surface area contributed by atoms with Crippen LogP contribution in [0.25, 0.3) is 0 Å². The normalized spacial score (nSPS) is 15.9. The van der Waals surface area contributed by atoms with E-state index in [0.717, 1.165) is 31.6 Å². The number of aromatic nitrogens is 3. The van der Waals surface area contributed by atoms with Gasteiger partial charge in [-0.05, 0) is 25.0 Å². The van der Waals surface area contributed by atoms with Gasteiger partial charge in [-0.25, -0.2) is 9.67 Å². The molecule has 2 amide bonds. The van der Waals surface area contributed by atoms with Crippen molar-refractivity contribution >= 4 is 17.6 Å². The Hall–Kier alpha value is -3.72. The minimum Gasteiger partial charge on any atom is -0.481 e. The summed E-state index contributed by atoms with van der Waals surface area (Å²) in [6, 6.07) is 14.0. The highest BCUT2D eigenvalue weighted by atomic mass is 16.5. The highest BCUT2D eigenvalue weighted by Crippen LogP contribution is 2.27. The summed E-state index contributed by atoms with van der Waals surface area (Å²) in [6.07, 6.45) is 4.24. The number of benzene rings is 1. The molecule has 0 spiro atoms. The second-order valence-electron chi connectivity index (χ2n) is 8.09. The van der Waals surface area contributed by atoms with E-state index >= 15 is 0 Å². The molecular weight excluding hydrogens is 420 g/mol. The fourth-order valence-corrected chi connectivity index (χ4v) is 4.04. The summed E-state index contributed by atoms with van der Waals surface area (Å²) in [5, 5.41) is 9.86. The number of aryl methyl sites for hydroxylation is 1. The van der Waals surface area contributed by atoms with E-state index < -0.39 is 11.8 Å². The summed E-state index contributed by atoms with van der Waals surface area (Å²) in [7, 11) is 1.51. The van der Waals surface area contributed by atoms with Crippen LogP contribution in [0.3, 0.4) is 0 Å². The van der Waals surface area contributed by atoms with Crippen molar-refractivity contribution in [2.75, 3.05) is 25.5 Å². The molecule has 1 fully saturated rings. The Morgan fingerprint density at radius 1 is 1.15 bits per heavy atom. The fourth-order valence-electron chi connectivity index (χ4n) is 4.04. The Bertz CT molecular complexity index is 1110. The predicted molar refractivity (Wildman–Crippen MR) is 124 cm³/mol. The molecule has 0 bridgehead atoms. The molecule has 9 heteroatoms. The number of amides is 2. The van der Waals surface area contributed by atoms with E-state index in [0.29, 0.717) is 17.3 Å². The molecule has 3 aromatic rings. The molecule has 1 atom stereocenters. The van der Waals surface area contributed by atoms with Crippen LogP contribution < -0.4 is 15.4 Å². The number of hydrogen-bond donors (Lipinski definition) is 2. The van der Waals surface area contributed by atoms with Crippen LogP contribution in [0, 0.1) is 6.92 Å². The van der Waals surface area contributed by atoms with Crippen LogP contribution in [-0.4, -0.2) is 51.7 Å². The van der Waals surface area contributed by atoms with Crippen molar-refractivity contribution in [2.24, 2.45) is 0 Å². The number of nitrogens with one attached hydrogen (secondary N) is 2. The lowest BCUT2D eigenvalue weighted by atomic mass is 10.2. The maximum atomic E-state index is 12.6. The van der Waals surface area contributed by atoms with Gasteiger partial charge >= 0.3 is 11.8 Å². The van der Waals surface area contributed by atoms with Gasteiger partial charge in [-0.3, -0.25) is 14.5 Å². The average Bonchev–Trinajstić information content (AvgIpc) is 3.44. The van der Waals surface area contributed by atoms with Crippen molar-refractivity contribution in [1.82, 2.24) is 25.0 Å². The minimum absolute atomic E-state index is 0.125. The van der Waals surface area contributed by atoms with Crippen molar-refractivity contribution in [3.63, 3.8) is 0 Å². The van der Waals surface area contributed by atoms with E-state index in [1.807, 2.05) is 29.8 Å². The van der Waals surface area contributed by atoms with E-state index in [-0.39, 0.29) is 12.6 Å². The first-order chi connectivity index (χ1) is 16.0. The lowest BCUT2D eigenvalue weighted by molar-refractivity contribution is -0.136. The first-order valence-electron chi connectivity index (χ1n) is 10.9. The second-order valence-corrected chi connectivity index (χ2v) is 8.09. The SMILES string of the molecule is COc1ncccc1CNC(=O)C(=O)Nc1c(C)cnn1C1CCN(Cc2ccccc2)C1. The van der Waals surface area contributed by atoms with E-state index in [2.05, 4.69) is 37.7 Å². The highest BCUT2D eigenvalue weighted by molar-refractivity contribution is 6.39. The Morgan fingerprint density at radius 2 is 1.97 bits per heavy atom. The largest absolute Gasteiger partial charge is 0.481 e. The molecule has 2 N–H and O–H groups in total. The second kappa shape index (κ2) is 10.3. The van der Waals surface area contributed by atoms with Crippen molar-refractivity contribution in [2.45, 2.75) is 32.5 Å². The third kappa shape index (κ3) is 5.38. The first kappa shape index (κ1) is 22.5. The van der Waals surface area contributed by atoms with Crippen LogP contribution in [0.5, 0.6) is 5.88 Å². The third-order valence-corrected chi connectivity index (χ3v) is 5.74. The Kier molecular flexibility index (Phi) is 6.99. The lowest BCUT2D eigenvalue weighted by Crippen LogP contribution is -2.36. The van der Waals surface area contributed by atoms with Crippen molar-refractivity contribution in [1.29, 1.82) is 0 Å². The molecule has 33 heavy (non-hydrogen) atoms. The van der Waals surface area contributed by atoms with Crippen LogP contribution in [0.1, 0.15) is 29.2 Å². The Morgan fingerprint density at radius 3 is 2.76 bits per heavy atom. The monoisotopic (exact) mass is 448 g/mol. The van der Waals surface area contributed by atoms with E-state index in [1.165, 1.54) is 12.7 Å². The standard InChI is InChI=1S/C24H28N6O3/c1-17-13-27-30(20-10-12-29(16-20)15-18-7-4-3-5-8-18)21(17)28-23(32)22(31)26-14-19-9-6-11-25-24(19)33-2/h3-9,11,13,20H,10,12,14-16H2,1-2H3,(H,26,31)(H,28,32). The summed E-state index contributed by atoms with van der Waals surface area (Å²) in [5.41, 5.74) is 2.77. The van der Waals surface area contributed by atoms with Gasteiger partial charge in [0.15, 0.2) is 0 Å². The van der Waals surface area contributed by atoms with Crippen molar-refractivity contribution in [3.05, 3.63) is 71.5 Å². The smallest absolute Gasteiger partial charge is 0.314 e. The average molecular weight is 449 g/mol. The summed E-state index contributed by atoms with van der Waals surface area (Å²) in [5.74, 6) is -0.499. The zero-order chi connectivity index (χ0) is 23.2. The molecule has 1 saturated heterocycles. The minimum atomic E-state index is -0.734. The first-order valence-corrected chi connectivity index (χ1v) is 10.9. The summed E-state index contributed by atoms with van der Waals surface area (Å²) in [4.78, 5) is 31.5. The van der Waals surface area contributed by atoms with Gasteiger partial charge in [-0.15, -0.1) is 0 Å². The number of carbonyl (C=O) groups excluding carboxylic acids is 2. The van der Waals surface area contributed by atoms with Gasteiger partial charge in [-0.2, -0.15) is 5.10 Å².